The van der Waals surface area contributed by atoms with Gasteiger partial charge in [0.15, 0.2) is 0 Å². The van der Waals surface area contributed by atoms with Crippen molar-refractivity contribution in [3.8, 4) is 11.9 Å². The summed E-state index contributed by atoms with van der Waals surface area (Å²) in [5, 5.41) is 9.02. The highest BCUT2D eigenvalue weighted by molar-refractivity contribution is 5.78. The molecule has 2 aromatic heterocycles. The van der Waals surface area contributed by atoms with Crippen molar-refractivity contribution in [3.05, 3.63) is 54.0 Å². The van der Waals surface area contributed by atoms with Gasteiger partial charge in [0.05, 0.1) is 23.5 Å². The van der Waals surface area contributed by atoms with Gasteiger partial charge in [-0.05, 0) is 36.8 Å². The minimum Gasteiger partial charge on any atom is -0.324 e. The van der Waals surface area contributed by atoms with Crippen LogP contribution in [0.1, 0.15) is 24.4 Å². The van der Waals surface area contributed by atoms with Crippen LogP contribution in [-0.2, 0) is 6.42 Å². The number of rotatable bonds is 3. The van der Waals surface area contributed by atoms with Crippen LogP contribution >= 0.6 is 0 Å². The zero-order valence-corrected chi connectivity index (χ0v) is 11.7. The van der Waals surface area contributed by atoms with E-state index >= 15 is 0 Å². The highest BCUT2D eigenvalue weighted by Crippen LogP contribution is 2.22. The van der Waals surface area contributed by atoms with E-state index in [9.17, 15) is 0 Å². The minimum atomic E-state index is -0.0686. The van der Waals surface area contributed by atoms with Crippen molar-refractivity contribution < 1.29 is 0 Å². The number of imidazole rings is 1. The molecular weight excluding hydrogens is 262 g/mol. The van der Waals surface area contributed by atoms with Gasteiger partial charge in [-0.15, -0.1) is 0 Å². The van der Waals surface area contributed by atoms with Crippen LogP contribution in [0.5, 0.6) is 0 Å². The molecule has 0 aliphatic heterocycles. The van der Waals surface area contributed by atoms with Crippen LogP contribution in [0.25, 0.3) is 16.9 Å². The van der Waals surface area contributed by atoms with E-state index in [4.69, 9.17) is 11.0 Å². The molecule has 104 valence electrons. The van der Waals surface area contributed by atoms with Crippen LogP contribution < -0.4 is 5.73 Å². The minimum absolute atomic E-state index is 0.0686. The van der Waals surface area contributed by atoms with Crippen LogP contribution in [0.3, 0.4) is 0 Å². The standard InChI is InChI=1S/C16H15N5/c1-11(18)12-7-9-19-16(10-12)21-14-5-3-2-4-13(14)20-15(21)6-8-17/h2-5,7,9-11H,6,18H2,1H3. The SMILES string of the molecule is CC(N)c1ccnc(-n2c(CC#N)nc3ccccc32)c1. The monoisotopic (exact) mass is 277 g/mol. The molecule has 1 aromatic carbocycles. The Morgan fingerprint density at radius 1 is 1.33 bits per heavy atom. The molecular formula is C16H15N5. The van der Waals surface area contributed by atoms with Gasteiger partial charge in [0, 0.05) is 12.2 Å². The summed E-state index contributed by atoms with van der Waals surface area (Å²) in [5.41, 5.74) is 8.74. The van der Waals surface area contributed by atoms with Crippen LogP contribution in [0.15, 0.2) is 42.6 Å². The Kier molecular flexibility index (Phi) is 3.38. The maximum absolute atomic E-state index is 9.02. The summed E-state index contributed by atoms with van der Waals surface area (Å²) < 4.78 is 1.92. The summed E-state index contributed by atoms with van der Waals surface area (Å²) in [5.74, 6) is 1.43. The second kappa shape index (κ2) is 5.35. The van der Waals surface area contributed by atoms with E-state index in [0.29, 0.717) is 5.82 Å². The molecule has 5 heteroatoms. The van der Waals surface area contributed by atoms with Crippen LogP contribution in [0.2, 0.25) is 0 Å². The van der Waals surface area contributed by atoms with E-state index < -0.39 is 0 Å². The van der Waals surface area contributed by atoms with Crippen LogP contribution in [0.4, 0.5) is 0 Å². The van der Waals surface area contributed by atoms with E-state index in [1.165, 1.54) is 0 Å². The second-order valence-electron chi connectivity index (χ2n) is 4.92. The maximum atomic E-state index is 9.02. The van der Waals surface area contributed by atoms with Crippen molar-refractivity contribution >= 4 is 11.0 Å². The number of benzene rings is 1. The van der Waals surface area contributed by atoms with E-state index in [-0.39, 0.29) is 12.5 Å². The van der Waals surface area contributed by atoms with E-state index in [1.54, 1.807) is 6.20 Å². The lowest BCUT2D eigenvalue weighted by Crippen LogP contribution is -2.08. The summed E-state index contributed by atoms with van der Waals surface area (Å²) >= 11 is 0. The van der Waals surface area contributed by atoms with Gasteiger partial charge in [0.1, 0.15) is 11.6 Å². The lowest BCUT2D eigenvalue weighted by atomic mass is 10.1. The average molecular weight is 277 g/mol. The Hall–Kier alpha value is -2.71. The smallest absolute Gasteiger partial charge is 0.138 e. The molecule has 0 fully saturated rings. The fraction of sp³-hybridized carbons (Fsp3) is 0.188. The number of pyridine rings is 1. The molecule has 5 nitrogen and oxygen atoms in total. The van der Waals surface area contributed by atoms with Gasteiger partial charge in [-0.3, -0.25) is 4.57 Å². The van der Waals surface area contributed by atoms with Crippen LogP contribution in [-0.4, -0.2) is 14.5 Å². The van der Waals surface area contributed by atoms with Crippen molar-refractivity contribution in [3.63, 3.8) is 0 Å². The number of hydrogen-bond acceptors (Lipinski definition) is 4. The third kappa shape index (κ3) is 2.37. The quantitative estimate of drug-likeness (QED) is 0.797. The molecule has 1 atom stereocenters. The fourth-order valence-corrected chi connectivity index (χ4v) is 2.36. The maximum Gasteiger partial charge on any atom is 0.138 e. The molecule has 0 aliphatic carbocycles. The van der Waals surface area contributed by atoms with Gasteiger partial charge in [-0.25, -0.2) is 9.97 Å². The van der Waals surface area contributed by atoms with E-state index in [0.717, 1.165) is 22.4 Å². The van der Waals surface area contributed by atoms with Gasteiger partial charge in [0.25, 0.3) is 0 Å². The van der Waals surface area contributed by atoms with Gasteiger partial charge in [-0.2, -0.15) is 5.26 Å². The number of nitriles is 1. The Balaban J connectivity index is 2.25. The largest absolute Gasteiger partial charge is 0.324 e. The zero-order chi connectivity index (χ0) is 14.8. The van der Waals surface area contributed by atoms with Gasteiger partial charge in [0.2, 0.25) is 0 Å². The third-order valence-electron chi connectivity index (χ3n) is 3.39. The first-order valence-corrected chi connectivity index (χ1v) is 6.76. The van der Waals surface area contributed by atoms with E-state index in [2.05, 4.69) is 16.0 Å². The molecule has 0 spiro atoms. The molecule has 0 amide bonds. The number of nitrogens with zero attached hydrogens (tertiary/aromatic N) is 4. The highest BCUT2D eigenvalue weighted by atomic mass is 15.1. The molecule has 0 aliphatic rings. The first kappa shape index (κ1) is 13.3. The third-order valence-corrected chi connectivity index (χ3v) is 3.39. The zero-order valence-electron chi connectivity index (χ0n) is 11.7. The molecule has 0 saturated carbocycles. The van der Waals surface area contributed by atoms with Gasteiger partial charge in [-0.1, -0.05) is 12.1 Å². The molecule has 0 saturated heterocycles. The number of fused-ring (bicyclic) bond motifs is 1. The predicted octanol–water partition coefficient (Wildman–Crippen LogP) is 2.51. The first-order chi connectivity index (χ1) is 10.2. The summed E-state index contributed by atoms with van der Waals surface area (Å²) in [6.45, 7) is 1.93. The second-order valence-corrected chi connectivity index (χ2v) is 4.92. The molecule has 1 unspecified atom stereocenters. The van der Waals surface area contributed by atoms with E-state index in [1.807, 2.05) is 47.9 Å². The molecule has 3 rings (SSSR count). The first-order valence-electron chi connectivity index (χ1n) is 6.76. The summed E-state index contributed by atoms with van der Waals surface area (Å²) in [6, 6.07) is 13.7. The number of nitrogens with two attached hydrogens (primary N) is 1. The van der Waals surface area contributed by atoms with Crippen molar-refractivity contribution in [2.45, 2.75) is 19.4 Å². The average Bonchev–Trinajstić information content (AvgIpc) is 2.85. The molecule has 21 heavy (non-hydrogen) atoms. The van der Waals surface area contributed by atoms with Gasteiger partial charge >= 0.3 is 0 Å². The number of aromatic nitrogens is 3. The summed E-state index contributed by atoms with van der Waals surface area (Å²) in [4.78, 5) is 8.94. The Morgan fingerprint density at radius 3 is 2.90 bits per heavy atom. The van der Waals surface area contributed by atoms with Crippen molar-refractivity contribution in [2.24, 2.45) is 5.73 Å². The normalized spacial score (nSPS) is 12.2. The molecule has 2 heterocycles. The lowest BCUT2D eigenvalue weighted by molar-refractivity contribution is 0.808. The van der Waals surface area contributed by atoms with Crippen LogP contribution in [0, 0.1) is 11.3 Å². The summed E-state index contributed by atoms with van der Waals surface area (Å²) in [7, 11) is 0. The summed E-state index contributed by atoms with van der Waals surface area (Å²) in [6.07, 6.45) is 1.97. The molecule has 0 bridgehead atoms. The number of hydrogen-bond donors (Lipinski definition) is 1. The molecule has 0 radical (unpaired) electrons. The lowest BCUT2D eigenvalue weighted by Gasteiger charge is -2.10. The topological polar surface area (TPSA) is 80.5 Å². The fourth-order valence-electron chi connectivity index (χ4n) is 2.36. The Bertz CT molecular complexity index is 826. The Labute approximate surface area is 122 Å². The molecule has 3 aromatic rings. The predicted molar refractivity (Wildman–Crippen MR) is 80.8 cm³/mol. The Morgan fingerprint density at radius 2 is 2.14 bits per heavy atom. The molecule has 2 N–H and O–H groups in total. The number of para-hydroxylation sites is 2. The van der Waals surface area contributed by atoms with Crippen molar-refractivity contribution in [1.82, 2.24) is 14.5 Å². The highest BCUT2D eigenvalue weighted by Gasteiger charge is 2.13. The van der Waals surface area contributed by atoms with Crippen molar-refractivity contribution in [1.29, 1.82) is 5.26 Å². The van der Waals surface area contributed by atoms with Gasteiger partial charge < -0.3 is 5.73 Å². The van der Waals surface area contributed by atoms with Crippen molar-refractivity contribution in [2.75, 3.05) is 0 Å².